The van der Waals surface area contributed by atoms with Gasteiger partial charge in [-0.25, -0.2) is 4.68 Å². The van der Waals surface area contributed by atoms with Gasteiger partial charge in [0.05, 0.1) is 25.0 Å². The molecule has 1 aromatic heterocycles. The van der Waals surface area contributed by atoms with Crippen molar-refractivity contribution in [2.75, 3.05) is 11.9 Å². The van der Waals surface area contributed by atoms with Crippen molar-refractivity contribution < 1.29 is 5.11 Å². The summed E-state index contributed by atoms with van der Waals surface area (Å²) < 4.78 is 1.16. The molecule has 5 nitrogen and oxygen atoms in total. The van der Waals surface area contributed by atoms with E-state index in [-0.39, 0.29) is 23.7 Å². The fourth-order valence-electron chi connectivity index (χ4n) is 1.59. The summed E-state index contributed by atoms with van der Waals surface area (Å²) in [6.45, 7) is 0.0426. The summed E-state index contributed by atoms with van der Waals surface area (Å²) >= 11 is 5.94. The maximum absolute atomic E-state index is 11.7. The van der Waals surface area contributed by atoms with Gasteiger partial charge in [-0.2, -0.15) is 5.10 Å². The first-order valence-corrected chi connectivity index (χ1v) is 5.73. The predicted molar refractivity (Wildman–Crippen MR) is 61.9 cm³/mol. The third kappa shape index (κ3) is 2.20. The molecule has 0 aromatic carbocycles. The molecule has 2 N–H and O–H groups in total. The molecule has 16 heavy (non-hydrogen) atoms. The van der Waals surface area contributed by atoms with Crippen LogP contribution in [0, 0.1) is 0 Å². The number of nitrogens with one attached hydrogen (secondary N) is 1. The monoisotopic (exact) mass is 243 g/mol. The smallest absolute Gasteiger partial charge is 0.287 e. The van der Waals surface area contributed by atoms with Crippen LogP contribution in [0.5, 0.6) is 0 Å². The van der Waals surface area contributed by atoms with Gasteiger partial charge in [-0.15, -0.1) is 0 Å². The van der Waals surface area contributed by atoms with Crippen molar-refractivity contribution in [3.8, 4) is 0 Å². The van der Waals surface area contributed by atoms with Crippen molar-refractivity contribution in [2.45, 2.75) is 31.8 Å². The number of aromatic nitrogens is 2. The van der Waals surface area contributed by atoms with E-state index in [9.17, 15) is 4.79 Å². The number of anilines is 1. The Hall–Kier alpha value is -1.07. The van der Waals surface area contributed by atoms with E-state index in [1.165, 1.54) is 12.6 Å². The van der Waals surface area contributed by atoms with E-state index in [4.69, 9.17) is 16.7 Å². The number of nitrogens with zero attached hydrogens (tertiary/aromatic N) is 2. The Bertz CT molecular complexity index is 429. The number of hydrogen-bond acceptors (Lipinski definition) is 4. The van der Waals surface area contributed by atoms with Crippen LogP contribution in [-0.4, -0.2) is 27.5 Å². The average Bonchev–Trinajstić information content (AvgIpc) is 2.21. The maximum Gasteiger partial charge on any atom is 0.287 e. The Labute approximate surface area is 98.0 Å². The van der Waals surface area contributed by atoms with E-state index in [2.05, 4.69) is 10.4 Å². The molecule has 0 amide bonds. The zero-order valence-corrected chi connectivity index (χ0v) is 9.57. The molecule has 1 aliphatic carbocycles. The summed E-state index contributed by atoms with van der Waals surface area (Å²) in [6, 6.07) is 0.410. The van der Waals surface area contributed by atoms with Gasteiger partial charge in [-0.3, -0.25) is 4.79 Å². The van der Waals surface area contributed by atoms with Crippen molar-refractivity contribution in [3.63, 3.8) is 0 Å². The third-order valence-electron chi connectivity index (χ3n) is 2.76. The first-order chi connectivity index (χ1) is 7.72. The van der Waals surface area contributed by atoms with Crippen LogP contribution in [0.3, 0.4) is 0 Å². The van der Waals surface area contributed by atoms with E-state index in [1.807, 2.05) is 0 Å². The van der Waals surface area contributed by atoms with Crippen LogP contribution < -0.4 is 10.9 Å². The SMILES string of the molecule is O=c1c(Cl)c(NC2CCC2)cnn1CCO. The fourth-order valence-corrected chi connectivity index (χ4v) is 1.79. The van der Waals surface area contributed by atoms with E-state index in [0.717, 1.165) is 17.5 Å². The Morgan fingerprint density at radius 1 is 1.62 bits per heavy atom. The van der Waals surface area contributed by atoms with Gasteiger partial charge in [0.25, 0.3) is 5.56 Å². The van der Waals surface area contributed by atoms with Crippen LogP contribution in [0.15, 0.2) is 11.0 Å². The lowest BCUT2D eigenvalue weighted by molar-refractivity contribution is 0.266. The van der Waals surface area contributed by atoms with Crippen LogP contribution in [0.2, 0.25) is 5.02 Å². The van der Waals surface area contributed by atoms with Gasteiger partial charge in [0, 0.05) is 6.04 Å². The number of aliphatic hydroxyl groups is 1. The quantitative estimate of drug-likeness (QED) is 0.823. The van der Waals surface area contributed by atoms with Gasteiger partial charge in [-0.1, -0.05) is 11.6 Å². The molecule has 0 spiro atoms. The van der Waals surface area contributed by atoms with Gasteiger partial charge in [-0.05, 0) is 19.3 Å². The summed E-state index contributed by atoms with van der Waals surface area (Å²) in [7, 11) is 0. The molecule has 6 heteroatoms. The van der Waals surface area contributed by atoms with Crippen molar-refractivity contribution in [3.05, 3.63) is 21.6 Å². The minimum Gasteiger partial charge on any atom is -0.394 e. The fraction of sp³-hybridized carbons (Fsp3) is 0.600. The predicted octanol–water partition coefficient (Wildman–Crippen LogP) is 0.853. The molecular formula is C10H14ClN3O2. The second-order valence-electron chi connectivity index (χ2n) is 3.90. The lowest BCUT2D eigenvalue weighted by Gasteiger charge is -2.27. The highest BCUT2D eigenvalue weighted by molar-refractivity contribution is 6.32. The van der Waals surface area contributed by atoms with Gasteiger partial charge >= 0.3 is 0 Å². The lowest BCUT2D eigenvalue weighted by Crippen LogP contribution is -2.30. The van der Waals surface area contributed by atoms with Gasteiger partial charge in [0.1, 0.15) is 5.02 Å². The molecule has 0 aliphatic heterocycles. The van der Waals surface area contributed by atoms with Crippen LogP contribution in [0.4, 0.5) is 5.69 Å². The molecule has 0 radical (unpaired) electrons. The van der Waals surface area contributed by atoms with Crippen LogP contribution in [-0.2, 0) is 6.54 Å². The van der Waals surface area contributed by atoms with E-state index in [0.29, 0.717) is 11.7 Å². The second kappa shape index (κ2) is 4.84. The standard InChI is InChI=1S/C10H14ClN3O2/c11-9-8(13-7-2-1-3-7)6-12-14(4-5-15)10(9)16/h6-7,13,15H,1-5H2. The number of rotatable bonds is 4. The molecule has 1 heterocycles. The maximum atomic E-state index is 11.7. The second-order valence-corrected chi connectivity index (χ2v) is 4.27. The molecule has 1 aromatic rings. The molecule has 0 atom stereocenters. The zero-order valence-electron chi connectivity index (χ0n) is 8.82. The minimum atomic E-state index is -0.361. The first kappa shape index (κ1) is 11.4. The molecule has 1 aliphatic rings. The molecule has 2 rings (SSSR count). The Morgan fingerprint density at radius 3 is 2.94 bits per heavy atom. The molecule has 0 unspecified atom stereocenters. The largest absolute Gasteiger partial charge is 0.394 e. The molecule has 1 saturated carbocycles. The van der Waals surface area contributed by atoms with Crippen molar-refractivity contribution in [2.24, 2.45) is 0 Å². The number of hydrogen-bond donors (Lipinski definition) is 2. The highest BCUT2D eigenvalue weighted by Gasteiger charge is 2.19. The van der Waals surface area contributed by atoms with Gasteiger partial charge < -0.3 is 10.4 Å². The highest BCUT2D eigenvalue weighted by atomic mass is 35.5. The number of halogens is 1. The van der Waals surface area contributed by atoms with Crippen molar-refractivity contribution in [1.29, 1.82) is 0 Å². The Kier molecular flexibility index (Phi) is 3.46. The van der Waals surface area contributed by atoms with E-state index in [1.54, 1.807) is 0 Å². The van der Waals surface area contributed by atoms with Crippen LogP contribution in [0.25, 0.3) is 0 Å². The van der Waals surface area contributed by atoms with Crippen molar-refractivity contribution in [1.82, 2.24) is 9.78 Å². The molecule has 0 bridgehead atoms. The summed E-state index contributed by atoms with van der Waals surface area (Å²) in [6.07, 6.45) is 4.97. The van der Waals surface area contributed by atoms with Gasteiger partial charge in [0.2, 0.25) is 0 Å². The van der Waals surface area contributed by atoms with Crippen LogP contribution >= 0.6 is 11.6 Å². The van der Waals surface area contributed by atoms with E-state index >= 15 is 0 Å². The Morgan fingerprint density at radius 2 is 2.38 bits per heavy atom. The zero-order chi connectivity index (χ0) is 11.5. The summed E-state index contributed by atoms with van der Waals surface area (Å²) in [4.78, 5) is 11.7. The lowest BCUT2D eigenvalue weighted by atomic mass is 9.93. The summed E-state index contributed by atoms with van der Waals surface area (Å²) in [5.74, 6) is 0. The van der Waals surface area contributed by atoms with E-state index < -0.39 is 0 Å². The normalized spacial score (nSPS) is 15.9. The topological polar surface area (TPSA) is 67.2 Å². The molecular weight excluding hydrogens is 230 g/mol. The third-order valence-corrected chi connectivity index (χ3v) is 3.13. The van der Waals surface area contributed by atoms with Gasteiger partial charge in [0.15, 0.2) is 0 Å². The summed E-state index contributed by atoms with van der Waals surface area (Å²) in [5, 5.41) is 16.0. The molecule has 0 saturated heterocycles. The summed E-state index contributed by atoms with van der Waals surface area (Å²) in [5.41, 5.74) is 0.227. The Balaban J connectivity index is 2.20. The minimum absolute atomic E-state index is 0.126. The number of aliphatic hydroxyl groups excluding tert-OH is 1. The van der Waals surface area contributed by atoms with Crippen LogP contribution in [0.1, 0.15) is 19.3 Å². The average molecular weight is 244 g/mol. The molecule has 1 fully saturated rings. The van der Waals surface area contributed by atoms with Crippen molar-refractivity contribution >= 4 is 17.3 Å². The first-order valence-electron chi connectivity index (χ1n) is 5.35. The molecule has 88 valence electrons. The highest BCUT2D eigenvalue weighted by Crippen LogP contribution is 2.25.